The number of esters is 1. The molecule has 2 aliphatic heterocycles. The van der Waals surface area contributed by atoms with Crippen molar-refractivity contribution < 1.29 is 14.3 Å². The highest BCUT2D eigenvalue weighted by atomic mass is 16.5. The Balaban J connectivity index is 1.92. The number of ether oxygens (including phenoxy) is 1. The van der Waals surface area contributed by atoms with Gasteiger partial charge in [0.05, 0.1) is 18.7 Å². The predicted octanol–water partition coefficient (Wildman–Crippen LogP) is 0.715. The van der Waals surface area contributed by atoms with E-state index >= 15 is 0 Å². The third-order valence-corrected chi connectivity index (χ3v) is 4.67. The number of carbonyl (C=O) groups is 2. The Morgan fingerprint density at radius 1 is 1.20 bits per heavy atom. The van der Waals surface area contributed by atoms with Crippen molar-refractivity contribution in [3.63, 3.8) is 0 Å². The highest BCUT2D eigenvalue weighted by Gasteiger charge is 2.34. The summed E-state index contributed by atoms with van der Waals surface area (Å²) in [6.45, 7) is 4.25. The average molecular weight is 344 g/mol. The van der Waals surface area contributed by atoms with Crippen LogP contribution in [0.4, 0.5) is 4.79 Å². The molecule has 2 aliphatic rings. The number of carbonyl (C=O) groups excluding carboxylic acids is 2. The lowest BCUT2D eigenvalue weighted by atomic mass is 9.95. The lowest BCUT2D eigenvalue weighted by Gasteiger charge is -2.35. The Morgan fingerprint density at radius 3 is 2.52 bits per heavy atom. The van der Waals surface area contributed by atoms with Crippen molar-refractivity contribution in [2.45, 2.75) is 6.04 Å². The van der Waals surface area contributed by atoms with Gasteiger partial charge in [-0.15, -0.1) is 0 Å². The smallest absolute Gasteiger partial charge is 0.338 e. The van der Waals surface area contributed by atoms with Crippen LogP contribution >= 0.6 is 0 Å². The fraction of sp³-hybridized carbons (Fsp3) is 0.444. The maximum Gasteiger partial charge on any atom is 0.338 e. The summed E-state index contributed by atoms with van der Waals surface area (Å²) in [5.74, 6) is -0.425. The van der Waals surface area contributed by atoms with Crippen LogP contribution in [0.1, 0.15) is 11.6 Å². The minimum absolute atomic E-state index is 0.300. The SMILES string of the molecule is COC(=O)C1=C(CN2CCN(C)CC2)NC(=O)N[C@@H]1c1ccccc1. The van der Waals surface area contributed by atoms with Gasteiger partial charge in [0, 0.05) is 38.4 Å². The van der Waals surface area contributed by atoms with Gasteiger partial charge in [-0.05, 0) is 12.6 Å². The van der Waals surface area contributed by atoms with Crippen molar-refractivity contribution in [1.82, 2.24) is 20.4 Å². The lowest BCUT2D eigenvalue weighted by Crippen LogP contribution is -2.51. The normalized spacial score (nSPS) is 22.3. The first-order valence-corrected chi connectivity index (χ1v) is 8.43. The number of likely N-dealkylation sites (N-methyl/N-ethyl adjacent to an activating group) is 1. The molecule has 0 bridgehead atoms. The first-order valence-electron chi connectivity index (χ1n) is 8.43. The molecule has 134 valence electrons. The number of rotatable bonds is 4. The van der Waals surface area contributed by atoms with Crippen LogP contribution in [0.5, 0.6) is 0 Å². The summed E-state index contributed by atoms with van der Waals surface area (Å²) in [4.78, 5) is 29.1. The van der Waals surface area contributed by atoms with Crippen molar-refractivity contribution in [2.75, 3.05) is 46.9 Å². The molecule has 0 unspecified atom stereocenters. The summed E-state index contributed by atoms with van der Waals surface area (Å²) in [5, 5.41) is 5.65. The van der Waals surface area contributed by atoms with Gasteiger partial charge in [-0.2, -0.15) is 0 Å². The zero-order valence-electron chi connectivity index (χ0n) is 14.6. The van der Waals surface area contributed by atoms with E-state index in [1.54, 1.807) is 0 Å². The van der Waals surface area contributed by atoms with Gasteiger partial charge < -0.3 is 20.3 Å². The number of hydrogen-bond donors (Lipinski definition) is 2. The second kappa shape index (κ2) is 7.67. The van der Waals surface area contributed by atoms with E-state index in [1.807, 2.05) is 30.3 Å². The average Bonchev–Trinajstić information content (AvgIpc) is 2.63. The van der Waals surface area contributed by atoms with E-state index in [0.29, 0.717) is 17.8 Å². The monoisotopic (exact) mass is 344 g/mol. The Morgan fingerprint density at radius 2 is 1.88 bits per heavy atom. The molecule has 0 aliphatic carbocycles. The second-order valence-electron chi connectivity index (χ2n) is 6.41. The highest BCUT2D eigenvalue weighted by molar-refractivity contribution is 5.95. The molecule has 1 atom stereocenters. The van der Waals surface area contributed by atoms with Gasteiger partial charge in [-0.25, -0.2) is 9.59 Å². The van der Waals surface area contributed by atoms with Gasteiger partial charge >= 0.3 is 12.0 Å². The van der Waals surface area contributed by atoms with Crippen LogP contribution < -0.4 is 10.6 Å². The van der Waals surface area contributed by atoms with E-state index in [2.05, 4.69) is 27.5 Å². The molecule has 0 spiro atoms. The fourth-order valence-corrected chi connectivity index (χ4v) is 3.22. The maximum atomic E-state index is 12.5. The third kappa shape index (κ3) is 4.00. The van der Waals surface area contributed by atoms with Crippen LogP contribution in [-0.2, 0) is 9.53 Å². The summed E-state index contributed by atoms with van der Waals surface area (Å²) in [7, 11) is 3.45. The summed E-state index contributed by atoms with van der Waals surface area (Å²) < 4.78 is 5.00. The molecule has 7 heteroatoms. The van der Waals surface area contributed by atoms with Gasteiger partial charge in [0.25, 0.3) is 0 Å². The zero-order chi connectivity index (χ0) is 17.8. The highest BCUT2D eigenvalue weighted by Crippen LogP contribution is 2.28. The number of hydrogen-bond acceptors (Lipinski definition) is 5. The van der Waals surface area contributed by atoms with Crippen LogP contribution in [0.25, 0.3) is 0 Å². The van der Waals surface area contributed by atoms with Crippen LogP contribution in [0.3, 0.4) is 0 Å². The zero-order valence-corrected chi connectivity index (χ0v) is 14.6. The lowest BCUT2D eigenvalue weighted by molar-refractivity contribution is -0.136. The largest absolute Gasteiger partial charge is 0.466 e. The molecule has 2 amide bonds. The third-order valence-electron chi connectivity index (χ3n) is 4.67. The van der Waals surface area contributed by atoms with E-state index in [0.717, 1.165) is 31.7 Å². The Kier molecular flexibility index (Phi) is 5.35. The maximum absolute atomic E-state index is 12.5. The number of methoxy groups -OCH3 is 1. The first kappa shape index (κ1) is 17.4. The van der Waals surface area contributed by atoms with Crippen molar-refractivity contribution in [1.29, 1.82) is 0 Å². The molecule has 1 fully saturated rings. The minimum Gasteiger partial charge on any atom is -0.466 e. The number of nitrogens with zero attached hydrogens (tertiary/aromatic N) is 2. The van der Waals surface area contributed by atoms with Crippen molar-refractivity contribution >= 4 is 12.0 Å². The Labute approximate surface area is 147 Å². The molecular weight excluding hydrogens is 320 g/mol. The Bertz CT molecular complexity index is 666. The van der Waals surface area contributed by atoms with Gasteiger partial charge in [-0.1, -0.05) is 30.3 Å². The van der Waals surface area contributed by atoms with Crippen LogP contribution in [0.15, 0.2) is 41.6 Å². The predicted molar refractivity (Wildman–Crippen MR) is 93.8 cm³/mol. The van der Waals surface area contributed by atoms with Crippen LogP contribution in [0, 0.1) is 0 Å². The number of nitrogens with one attached hydrogen (secondary N) is 2. The fourth-order valence-electron chi connectivity index (χ4n) is 3.22. The molecule has 25 heavy (non-hydrogen) atoms. The summed E-state index contributed by atoms with van der Waals surface area (Å²) >= 11 is 0. The number of amides is 2. The topological polar surface area (TPSA) is 73.9 Å². The molecular formula is C18H24N4O3. The van der Waals surface area contributed by atoms with E-state index in [4.69, 9.17) is 4.74 Å². The Hall–Kier alpha value is -2.38. The van der Waals surface area contributed by atoms with Crippen LogP contribution in [0.2, 0.25) is 0 Å². The molecule has 0 radical (unpaired) electrons. The van der Waals surface area contributed by atoms with Gasteiger partial charge in [-0.3, -0.25) is 4.90 Å². The van der Waals surface area contributed by atoms with Gasteiger partial charge in [0.15, 0.2) is 0 Å². The standard InChI is InChI=1S/C18H24N4O3/c1-21-8-10-22(11-9-21)12-14-15(17(23)25-2)16(20-18(24)19-14)13-6-4-3-5-7-13/h3-7,16H,8-12H2,1-2H3,(H2,19,20,24)/t16-/m1/s1. The number of piperazine rings is 1. The molecule has 0 saturated carbocycles. The first-order chi connectivity index (χ1) is 12.1. The number of benzene rings is 1. The van der Waals surface area contributed by atoms with E-state index < -0.39 is 12.0 Å². The minimum atomic E-state index is -0.509. The number of urea groups is 1. The van der Waals surface area contributed by atoms with Crippen molar-refractivity contribution in [3.05, 3.63) is 47.2 Å². The molecule has 3 rings (SSSR count). The van der Waals surface area contributed by atoms with E-state index in [1.165, 1.54) is 7.11 Å². The molecule has 1 aromatic carbocycles. The van der Waals surface area contributed by atoms with Gasteiger partial charge in [0.1, 0.15) is 0 Å². The summed E-state index contributed by atoms with van der Waals surface area (Å²) in [5.41, 5.74) is 1.94. The molecule has 2 heterocycles. The van der Waals surface area contributed by atoms with Crippen molar-refractivity contribution in [3.8, 4) is 0 Å². The summed E-state index contributed by atoms with van der Waals surface area (Å²) in [6.07, 6.45) is 0. The van der Waals surface area contributed by atoms with Crippen molar-refractivity contribution in [2.24, 2.45) is 0 Å². The molecule has 7 nitrogen and oxygen atoms in total. The van der Waals surface area contributed by atoms with Gasteiger partial charge in [0.2, 0.25) is 0 Å². The molecule has 0 aromatic heterocycles. The molecule has 2 N–H and O–H groups in total. The van der Waals surface area contributed by atoms with Crippen LogP contribution in [-0.4, -0.2) is 68.7 Å². The quantitative estimate of drug-likeness (QED) is 0.787. The second-order valence-corrected chi connectivity index (χ2v) is 6.41. The summed E-state index contributed by atoms with van der Waals surface area (Å²) in [6, 6.07) is 8.66. The molecule has 1 aromatic rings. The molecule has 1 saturated heterocycles. The van der Waals surface area contributed by atoms with E-state index in [-0.39, 0.29) is 6.03 Å². The van der Waals surface area contributed by atoms with E-state index in [9.17, 15) is 9.59 Å².